The molecule has 0 unspecified atom stereocenters. The van der Waals surface area contributed by atoms with E-state index in [0.717, 1.165) is 28.6 Å². The van der Waals surface area contributed by atoms with Crippen molar-refractivity contribution in [2.24, 2.45) is 0 Å². The number of nitrogens with one attached hydrogen (secondary N) is 1. The summed E-state index contributed by atoms with van der Waals surface area (Å²) in [5.74, 6) is 0.0124. The molecule has 0 fully saturated rings. The average Bonchev–Trinajstić information content (AvgIpc) is 2.66. The second-order valence-electron chi connectivity index (χ2n) is 5.80. The first-order chi connectivity index (χ1) is 12.6. The molecule has 2 aromatic carbocycles. The summed E-state index contributed by atoms with van der Waals surface area (Å²) >= 11 is 1.15. The molecule has 0 spiro atoms. The number of rotatable bonds is 6. The van der Waals surface area contributed by atoms with E-state index in [9.17, 15) is 9.59 Å². The van der Waals surface area contributed by atoms with E-state index in [0.29, 0.717) is 11.6 Å². The molecular weight excluding hydrogens is 346 g/mol. The molecule has 5 nitrogen and oxygen atoms in total. The van der Waals surface area contributed by atoms with Crippen molar-refractivity contribution in [1.29, 1.82) is 0 Å². The number of amides is 1. The highest BCUT2D eigenvalue weighted by Gasteiger charge is 2.10. The lowest BCUT2D eigenvalue weighted by atomic mass is 10.2. The molecule has 1 aromatic heterocycles. The van der Waals surface area contributed by atoms with Crippen LogP contribution in [0.3, 0.4) is 0 Å². The third-order valence-electron chi connectivity index (χ3n) is 3.76. The number of aryl methyl sites for hydroxylation is 1. The highest BCUT2D eigenvalue weighted by Crippen LogP contribution is 2.12. The second kappa shape index (κ2) is 8.49. The van der Waals surface area contributed by atoms with E-state index in [1.54, 1.807) is 17.0 Å². The number of carbonyl (C=O) groups excluding carboxylic acids is 1. The summed E-state index contributed by atoms with van der Waals surface area (Å²) in [6.07, 6.45) is 3.21. The van der Waals surface area contributed by atoms with Crippen LogP contribution in [0.25, 0.3) is 5.69 Å². The third-order valence-corrected chi connectivity index (χ3v) is 4.72. The number of hydrogen-bond acceptors (Lipinski definition) is 4. The number of carbonyl (C=O) groups is 1. The summed E-state index contributed by atoms with van der Waals surface area (Å²) in [6.45, 7) is 2.44. The topological polar surface area (TPSA) is 64.0 Å². The molecule has 0 saturated heterocycles. The summed E-state index contributed by atoms with van der Waals surface area (Å²) < 4.78 is 1.55. The van der Waals surface area contributed by atoms with Gasteiger partial charge in [0.2, 0.25) is 5.91 Å². The van der Waals surface area contributed by atoms with Gasteiger partial charge in [0.05, 0.1) is 5.75 Å². The van der Waals surface area contributed by atoms with Crippen molar-refractivity contribution in [3.63, 3.8) is 0 Å². The van der Waals surface area contributed by atoms with Gasteiger partial charge in [-0.1, -0.05) is 54.2 Å². The molecule has 0 bridgehead atoms. The van der Waals surface area contributed by atoms with E-state index in [2.05, 4.69) is 10.3 Å². The van der Waals surface area contributed by atoms with Gasteiger partial charge in [-0.05, 0) is 30.2 Å². The molecular formula is C20H19N3O2S. The van der Waals surface area contributed by atoms with E-state index in [-0.39, 0.29) is 17.2 Å². The Balaban J connectivity index is 1.64. The molecule has 0 aliphatic rings. The molecule has 0 aliphatic carbocycles. The first kappa shape index (κ1) is 17.9. The summed E-state index contributed by atoms with van der Waals surface area (Å²) in [7, 11) is 0. The fourth-order valence-electron chi connectivity index (χ4n) is 2.46. The Kier molecular flexibility index (Phi) is 5.86. The largest absolute Gasteiger partial charge is 0.351 e. The van der Waals surface area contributed by atoms with Gasteiger partial charge in [0.25, 0.3) is 5.56 Å². The van der Waals surface area contributed by atoms with E-state index in [4.69, 9.17) is 0 Å². The Labute approximate surface area is 156 Å². The van der Waals surface area contributed by atoms with Gasteiger partial charge < -0.3 is 5.32 Å². The van der Waals surface area contributed by atoms with Crippen LogP contribution < -0.4 is 10.9 Å². The Morgan fingerprint density at radius 3 is 2.73 bits per heavy atom. The SMILES string of the molecule is Cc1cccc(-n2ccnc(SCC(=O)NCc3ccccc3)c2=O)c1. The van der Waals surface area contributed by atoms with Crippen LogP contribution in [-0.4, -0.2) is 21.2 Å². The molecule has 0 radical (unpaired) electrons. The van der Waals surface area contributed by atoms with Gasteiger partial charge in [-0.2, -0.15) is 0 Å². The van der Waals surface area contributed by atoms with Crippen LogP contribution in [0.2, 0.25) is 0 Å². The van der Waals surface area contributed by atoms with Crippen LogP contribution >= 0.6 is 11.8 Å². The molecule has 6 heteroatoms. The van der Waals surface area contributed by atoms with Gasteiger partial charge in [0, 0.05) is 24.6 Å². The number of aromatic nitrogens is 2. The van der Waals surface area contributed by atoms with Crippen molar-refractivity contribution >= 4 is 17.7 Å². The summed E-state index contributed by atoms with van der Waals surface area (Å²) in [5.41, 5.74) is 2.66. The van der Waals surface area contributed by atoms with Crippen molar-refractivity contribution in [3.05, 3.63) is 88.5 Å². The minimum absolute atomic E-state index is 0.133. The standard InChI is InChI=1S/C20H19N3O2S/c1-15-6-5-9-17(12-15)23-11-10-21-19(20(23)25)26-14-18(24)22-13-16-7-3-2-4-8-16/h2-12H,13-14H2,1H3,(H,22,24). The number of hydrogen-bond donors (Lipinski definition) is 1. The van der Waals surface area contributed by atoms with Crippen LogP contribution in [0.4, 0.5) is 0 Å². The maximum atomic E-state index is 12.6. The Hall–Kier alpha value is -2.86. The molecule has 26 heavy (non-hydrogen) atoms. The first-order valence-corrected chi connectivity index (χ1v) is 9.20. The third kappa shape index (κ3) is 4.61. The smallest absolute Gasteiger partial charge is 0.287 e. The van der Waals surface area contributed by atoms with Gasteiger partial charge in [-0.25, -0.2) is 4.98 Å². The van der Waals surface area contributed by atoms with Crippen LogP contribution in [0.5, 0.6) is 0 Å². The zero-order valence-corrected chi connectivity index (χ0v) is 15.2. The van der Waals surface area contributed by atoms with Gasteiger partial charge in [-0.15, -0.1) is 0 Å². The molecule has 0 atom stereocenters. The Morgan fingerprint density at radius 1 is 1.15 bits per heavy atom. The molecule has 1 amide bonds. The van der Waals surface area contributed by atoms with Crippen molar-refractivity contribution in [3.8, 4) is 5.69 Å². The zero-order chi connectivity index (χ0) is 18.4. The van der Waals surface area contributed by atoms with E-state index in [1.807, 2.05) is 61.5 Å². The lowest BCUT2D eigenvalue weighted by Gasteiger charge is -2.08. The lowest BCUT2D eigenvalue weighted by molar-refractivity contribution is -0.118. The van der Waals surface area contributed by atoms with Crippen LogP contribution in [0.15, 0.2) is 76.8 Å². The molecule has 0 aliphatic heterocycles. The van der Waals surface area contributed by atoms with Crippen molar-refractivity contribution in [2.75, 3.05) is 5.75 Å². The molecule has 1 N–H and O–H groups in total. The van der Waals surface area contributed by atoms with Crippen LogP contribution in [0.1, 0.15) is 11.1 Å². The lowest BCUT2D eigenvalue weighted by Crippen LogP contribution is -2.26. The maximum absolute atomic E-state index is 12.6. The normalized spacial score (nSPS) is 10.5. The Morgan fingerprint density at radius 2 is 1.96 bits per heavy atom. The molecule has 132 valence electrons. The van der Waals surface area contributed by atoms with Gasteiger partial charge in [0.1, 0.15) is 0 Å². The molecule has 1 heterocycles. The number of nitrogens with zero attached hydrogens (tertiary/aromatic N) is 2. The highest BCUT2D eigenvalue weighted by atomic mass is 32.2. The predicted molar refractivity (Wildman–Crippen MR) is 104 cm³/mol. The Bertz CT molecular complexity index is 955. The monoisotopic (exact) mass is 365 g/mol. The molecule has 3 aromatic rings. The van der Waals surface area contributed by atoms with Crippen molar-refractivity contribution in [2.45, 2.75) is 18.5 Å². The fourth-order valence-corrected chi connectivity index (χ4v) is 3.18. The maximum Gasteiger partial charge on any atom is 0.287 e. The zero-order valence-electron chi connectivity index (χ0n) is 14.4. The summed E-state index contributed by atoms with van der Waals surface area (Å²) in [6, 6.07) is 17.4. The molecule has 0 saturated carbocycles. The van der Waals surface area contributed by atoms with Crippen molar-refractivity contribution in [1.82, 2.24) is 14.9 Å². The van der Waals surface area contributed by atoms with Gasteiger partial charge >= 0.3 is 0 Å². The van der Waals surface area contributed by atoms with Crippen LogP contribution in [-0.2, 0) is 11.3 Å². The highest BCUT2D eigenvalue weighted by molar-refractivity contribution is 7.99. The first-order valence-electron chi connectivity index (χ1n) is 8.21. The summed E-state index contributed by atoms with van der Waals surface area (Å²) in [4.78, 5) is 28.8. The van der Waals surface area contributed by atoms with Gasteiger partial charge in [0.15, 0.2) is 5.03 Å². The van der Waals surface area contributed by atoms with Gasteiger partial charge in [-0.3, -0.25) is 14.2 Å². The van der Waals surface area contributed by atoms with Crippen molar-refractivity contribution < 1.29 is 4.79 Å². The summed E-state index contributed by atoms with van der Waals surface area (Å²) in [5, 5.41) is 3.16. The van der Waals surface area contributed by atoms with Crippen LogP contribution in [0, 0.1) is 6.92 Å². The predicted octanol–water partition coefficient (Wildman–Crippen LogP) is 2.95. The second-order valence-corrected chi connectivity index (χ2v) is 6.76. The van der Waals surface area contributed by atoms with E-state index in [1.165, 1.54) is 0 Å². The minimum atomic E-state index is -0.223. The average molecular weight is 365 g/mol. The number of benzene rings is 2. The molecule has 3 rings (SSSR count). The van der Waals surface area contributed by atoms with E-state index < -0.39 is 0 Å². The minimum Gasteiger partial charge on any atom is -0.351 e. The fraction of sp³-hybridized carbons (Fsp3) is 0.150. The van der Waals surface area contributed by atoms with E-state index >= 15 is 0 Å². The quantitative estimate of drug-likeness (QED) is 0.682. The number of thioether (sulfide) groups is 1.